The minimum atomic E-state index is -1.08. The van der Waals surface area contributed by atoms with Crippen LogP contribution >= 0.6 is 0 Å². The van der Waals surface area contributed by atoms with Crippen molar-refractivity contribution < 1.29 is 14.7 Å². The maximum atomic E-state index is 12.3. The number of carboxylic acids is 1. The first kappa shape index (κ1) is 13.8. The van der Waals surface area contributed by atoms with E-state index in [9.17, 15) is 9.59 Å². The Labute approximate surface area is 115 Å². The van der Waals surface area contributed by atoms with Gasteiger partial charge in [0.05, 0.1) is 5.56 Å². The Bertz CT molecular complexity index is 689. The van der Waals surface area contributed by atoms with Crippen LogP contribution in [0.5, 0.6) is 0 Å². The predicted octanol–water partition coefficient (Wildman–Crippen LogP) is 2.29. The summed E-state index contributed by atoms with van der Waals surface area (Å²) in [6, 6.07) is 1.70. The number of H-pyrrole nitrogens is 1. The van der Waals surface area contributed by atoms with Gasteiger partial charge in [-0.1, -0.05) is 0 Å². The van der Waals surface area contributed by atoms with Crippen molar-refractivity contribution in [1.29, 1.82) is 0 Å². The Balaban J connectivity index is 2.35. The molecule has 104 valence electrons. The summed E-state index contributed by atoms with van der Waals surface area (Å²) in [5.74, 6) is -1.41. The maximum absolute atomic E-state index is 12.3. The van der Waals surface area contributed by atoms with Crippen molar-refractivity contribution in [2.45, 2.75) is 20.8 Å². The highest BCUT2D eigenvalue weighted by Crippen LogP contribution is 2.20. The topological polar surface area (TPSA) is 95.1 Å². The fourth-order valence-corrected chi connectivity index (χ4v) is 2.10. The molecular formula is C14H15N3O3. The molecule has 2 aromatic rings. The summed E-state index contributed by atoms with van der Waals surface area (Å²) >= 11 is 0. The summed E-state index contributed by atoms with van der Waals surface area (Å²) in [6.07, 6.45) is 3.23. The van der Waals surface area contributed by atoms with Crippen LogP contribution < -0.4 is 5.32 Å². The van der Waals surface area contributed by atoms with E-state index in [0.29, 0.717) is 22.5 Å². The zero-order valence-corrected chi connectivity index (χ0v) is 11.4. The van der Waals surface area contributed by atoms with Crippen LogP contribution in [0, 0.1) is 20.8 Å². The molecule has 0 bridgehead atoms. The minimum Gasteiger partial charge on any atom is -0.477 e. The molecule has 0 aromatic carbocycles. The third-order valence-corrected chi connectivity index (χ3v) is 3.15. The van der Waals surface area contributed by atoms with Gasteiger partial charge in [0.2, 0.25) is 0 Å². The van der Waals surface area contributed by atoms with Crippen molar-refractivity contribution in [2.75, 3.05) is 5.32 Å². The first-order valence-electron chi connectivity index (χ1n) is 6.06. The van der Waals surface area contributed by atoms with Crippen LogP contribution in [-0.4, -0.2) is 27.0 Å². The number of anilines is 1. The summed E-state index contributed by atoms with van der Waals surface area (Å²) in [6.45, 7) is 5.12. The number of nitrogens with zero attached hydrogens (tertiary/aromatic N) is 1. The van der Waals surface area contributed by atoms with Gasteiger partial charge in [-0.3, -0.25) is 9.78 Å². The zero-order valence-electron chi connectivity index (χ0n) is 11.4. The van der Waals surface area contributed by atoms with E-state index in [1.54, 1.807) is 32.3 Å². The molecule has 20 heavy (non-hydrogen) atoms. The monoisotopic (exact) mass is 273 g/mol. The summed E-state index contributed by atoms with van der Waals surface area (Å²) in [7, 11) is 0. The number of hydrogen-bond acceptors (Lipinski definition) is 3. The van der Waals surface area contributed by atoms with Gasteiger partial charge in [-0.15, -0.1) is 0 Å². The lowest BCUT2D eigenvalue weighted by molar-refractivity contribution is 0.0690. The normalized spacial score (nSPS) is 10.3. The van der Waals surface area contributed by atoms with Gasteiger partial charge < -0.3 is 15.4 Å². The average Bonchev–Trinajstić information content (AvgIpc) is 2.68. The molecule has 0 spiro atoms. The van der Waals surface area contributed by atoms with E-state index in [2.05, 4.69) is 15.3 Å². The molecule has 0 unspecified atom stereocenters. The van der Waals surface area contributed by atoms with E-state index in [1.807, 2.05) is 6.92 Å². The number of nitrogens with one attached hydrogen (secondary N) is 2. The van der Waals surface area contributed by atoms with Gasteiger partial charge >= 0.3 is 5.97 Å². The Hall–Kier alpha value is -2.63. The SMILES string of the molecule is Cc1cnccc1NC(=O)c1c(C)[nH]c(C(=O)O)c1C. The van der Waals surface area contributed by atoms with Crippen LogP contribution in [0.15, 0.2) is 18.5 Å². The maximum Gasteiger partial charge on any atom is 0.352 e. The van der Waals surface area contributed by atoms with E-state index in [1.165, 1.54) is 0 Å². The first-order valence-corrected chi connectivity index (χ1v) is 6.06. The summed E-state index contributed by atoms with van der Waals surface area (Å²) in [5, 5.41) is 11.8. The van der Waals surface area contributed by atoms with Crippen LogP contribution in [0.3, 0.4) is 0 Å². The van der Waals surface area contributed by atoms with E-state index in [0.717, 1.165) is 5.56 Å². The van der Waals surface area contributed by atoms with Crippen LogP contribution in [0.1, 0.15) is 37.7 Å². The number of rotatable bonds is 3. The van der Waals surface area contributed by atoms with E-state index < -0.39 is 5.97 Å². The number of hydrogen-bond donors (Lipinski definition) is 3. The Morgan fingerprint density at radius 2 is 2.00 bits per heavy atom. The van der Waals surface area contributed by atoms with Crippen LogP contribution in [0.2, 0.25) is 0 Å². The van der Waals surface area contributed by atoms with Crippen molar-refractivity contribution in [3.63, 3.8) is 0 Å². The van der Waals surface area contributed by atoms with Crippen LogP contribution in [0.4, 0.5) is 5.69 Å². The van der Waals surface area contributed by atoms with Crippen molar-refractivity contribution in [3.05, 3.63) is 46.5 Å². The molecule has 0 saturated carbocycles. The molecule has 2 heterocycles. The van der Waals surface area contributed by atoms with Crippen molar-refractivity contribution in [1.82, 2.24) is 9.97 Å². The molecule has 0 fully saturated rings. The summed E-state index contributed by atoms with van der Waals surface area (Å²) in [4.78, 5) is 30.0. The fraction of sp³-hybridized carbons (Fsp3) is 0.214. The van der Waals surface area contributed by atoms with Crippen LogP contribution in [-0.2, 0) is 0 Å². The largest absolute Gasteiger partial charge is 0.477 e. The second kappa shape index (κ2) is 5.16. The second-order valence-electron chi connectivity index (χ2n) is 4.57. The average molecular weight is 273 g/mol. The van der Waals surface area contributed by atoms with E-state index >= 15 is 0 Å². The van der Waals surface area contributed by atoms with Gasteiger partial charge in [0.15, 0.2) is 0 Å². The third kappa shape index (κ3) is 2.40. The molecule has 3 N–H and O–H groups in total. The molecule has 1 amide bonds. The van der Waals surface area contributed by atoms with Crippen molar-refractivity contribution in [2.24, 2.45) is 0 Å². The molecule has 0 aliphatic heterocycles. The zero-order chi connectivity index (χ0) is 14.9. The van der Waals surface area contributed by atoms with Crippen LogP contribution in [0.25, 0.3) is 0 Å². The molecule has 2 rings (SSSR count). The van der Waals surface area contributed by atoms with E-state index in [-0.39, 0.29) is 11.6 Å². The quantitative estimate of drug-likeness (QED) is 0.799. The molecule has 0 radical (unpaired) electrons. The number of aromatic carboxylic acids is 1. The number of carboxylic acid groups (broad SMARTS) is 1. The molecule has 6 heteroatoms. The van der Waals surface area contributed by atoms with Gasteiger partial charge in [-0.25, -0.2) is 4.79 Å². The summed E-state index contributed by atoms with van der Waals surface area (Å²) < 4.78 is 0. The second-order valence-corrected chi connectivity index (χ2v) is 4.57. The molecule has 0 saturated heterocycles. The van der Waals surface area contributed by atoms with Gasteiger partial charge in [-0.2, -0.15) is 0 Å². The summed E-state index contributed by atoms with van der Waals surface area (Å²) in [5.41, 5.74) is 2.85. The highest BCUT2D eigenvalue weighted by Gasteiger charge is 2.21. The van der Waals surface area contributed by atoms with Crippen molar-refractivity contribution in [3.8, 4) is 0 Å². The van der Waals surface area contributed by atoms with Crippen molar-refractivity contribution >= 4 is 17.6 Å². The lowest BCUT2D eigenvalue weighted by Crippen LogP contribution is -2.14. The molecule has 0 atom stereocenters. The number of aromatic nitrogens is 2. The third-order valence-electron chi connectivity index (χ3n) is 3.15. The molecule has 0 aliphatic rings. The molecule has 0 aliphatic carbocycles. The number of aromatic amines is 1. The standard InChI is InChI=1S/C14H15N3O3/c1-7-6-15-5-4-10(7)17-13(18)11-8(2)12(14(19)20)16-9(11)3/h4-6,16H,1-3H3,(H,19,20)(H,15,17,18). The predicted molar refractivity (Wildman–Crippen MR) is 74.2 cm³/mol. The Kier molecular flexibility index (Phi) is 3.56. The highest BCUT2D eigenvalue weighted by molar-refractivity contribution is 6.08. The molecule has 6 nitrogen and oxygen atoms in total. The van der Waals surface area contributed by atoms with Gasteiger partial charge in [0.1, 0.15) is 5.69 Å². The molecular weight excluding hydrogens is 258 g/mol. The van der Waals surface area contributed by atoms with Gasteiger partial charge in [0.25, 0.3) is 5.91 Å². The van der Waals surface area contributed by atoms with Gasteiger partial charge in [-0.05, 0) is 38.0 Å². The number of pyridine rings is 1. The lowest BCUT2D eigenvalue weighted by atomic mass is 10.1. The molecule has 2 aromatic heterocycles. The minimum absolute atomic E-state index is 0.0408. The Morgan fingerprint density at radius 1 is 1.30 bits per heavy atom. The number of amides is 1. The van der Waals surface area contributed by atoms with Gasteiger partial charge in [0, 0.05) is 23.8 Å². The highest BCUT2D eigenvalue weighted by atomic mass is 16.4. The smallest absolute Gasteiger partial charge is 0.352 e. The fourth-order valence-electron chi connectivity index (χ4n) is 2.10. The lowest BCUT2D eigenvalue weighted by Gasteiger charge is -2.08. The van der Waals surface area contributed by atoms with E-state index in [4.69, 9.17) is 5.11 Å². The number of aryl methyl sites for hydroxylation is 2. The first-order chi connectivity index (χ1) is 9.41. The Morgan fingerprint density at radius 3 is 2.55 bits per heavy atom. The number of carbonyl (C=O) groups is 2. The number of carbonyl (C=O) groups excluding carboxylic acids is 1.